The van der Waals surface area contributed by atoms with Crippen molar-refractivity contribution in [2.45, 2.75) is 80.8 Å². The van der Waals surface area contributed by atoms with Crippen molar-refractivity contribution in [2.24, 2.45) is 0 Å². The molecular formula is C24H37F5S. The maximum Gasteiger partial charge on any atom is 0.00948 e. The summed E-state index contributed by atoms with van der Waals surface area (Å²) in [6.45, 7) is 2.28. The molecule has 0 N–H and O–H groups in total. The molecule has 0 nitrogen and oxygen atoms in total. The largest absolute Gasteiger partial charge is 0.269 e. The Bertz CT molecular complexity index is 613. The van der Waals surface area contributed by atoms with Crippen molar-refractivity contribution < 1.29 is 23.5 Å². The van der Waals surface area contributed by atoms with Crippen LogP contribution in [0.4, 0.5) is 23.5 Å². The molecule has 2 aromatic rings. The molecule has 0 atom stereocenters. The van der Waals surface area contributed by atoms with E-state index in [1.165, 1.54) is 68.2 Å². The zero-order chi connectivity index (χ0) is 17.3. The first-order valence-electron chi connectivity index (χ1n) is 10.2. The van der Waals surface area contributed by atoms with Crippen LogP contribution in [0.5, 0.6) is 0 Å². The highest BCUT2D eigenvalue weighted by Gasteiger charge is 2.22. The van der Waals surface area contributed by atoms with Gasteiger partial charge in [-0.15, -0.1) is 11.8 Å². The second-order valence-corrected chi connectivity index (χ2v) is 8.83. The lowest BCUT2D eigenvalue weighted by molar-refractivity contribution is 0.453. The van der Waals surface area contributed by atoms with Crippen molar-refractivity contribution in [3.63, 3.8) is 0 Å². The molecule has 2 aromatic carbocycles. The van der Waals surface area contributed by atoms with E-state index in [-0.39, 0.29) is 23.5 Å². The molecule has 0 aliphatic heterocycles. The predicted molar refractivity (Wildman–Crippen MR) is 124 cm³/mol. The number of unbranched alkanes of at least 4 members (excludes halogenated alkanes) is 3. The first kappa shape index (κ1) is 33.1. The van der Waals surface area contributed by atoms with Gasteiger partial charge in [-0.3, -0.25) is 23.5 Å². The van der Waals surface area contributed by atoms with Gasteiger partial charge < -0.3 is 0 Å². The smallest absolute Gasteiger partial charge is 0.00948 e. The van der Waals surface area contributed by atoms with Crippen molar-refractivity contribution >= 4 is 11.8 Å². The van der Waals surface area contributed by atoms with Crippen LogP contribution in [-0.2, 0) is 6.42 Å². The number of hydrogen-bond donors (Lipinski definition) is 0. The van der Waals surface area contributed by atoms with E-state index in [4.69, 9.17) is 0 Å². The van der Waals surface area contributed by atoms with Gasteiger partial charge in [-0.25, -0.2) is 0 Å². The molecule has 1 aliphatic rings. The Labute approximate surface area is 182 Å². The maximum atomic E-state index is 2.41. The number of halogens is 5. The van der Waals surface area contributed by atoms with Crippen LogP contribution in [0.25, 0.3) is 0 Å². The molecule has 6 heteroatoms. The molecule has 3 rings (SSSR count). The quantitative estimate of drug-likeness (QED) is 0.286. The molecule has 0 aromatic heterocycles. The van der Waals surface area contributed by atoms with Crippen LogP contribution in [0.3, 0.4) is 0 Å². The van der Waals surface area contributed by atoms with Gasteiger partial charge in [-0.2, -0.15) is 0 Å². The number of thioether (sulfide) groups is 1. The summed E-state index contributed by atoms with van der Waals surface area (Å²) in [6.07, 6.45) is 12.1. The Kier molecular flexibility index (Phi) is 20.1. The van der Waals surface area contributed by atoms with Crippen LogP contribution in [0.2, 0.25) is 0 Å². The normalized spacial score (nSPS) is 17.1. The summed E-state index contributed by atoms with van der Waals surface area (Å²) in [5.41, 5.74) is 3.09. The van der Waals surface area contributed by atoms with E-state index in [1.54, 1.807) is 5.56 Å². The molecule has 1 saturated carbocycles. The lowest BCUT2D eigenvalue weighted by atomic mass is 9.83. The summed E-state index contributed by atoms with van der Waals surface area (Å²) in [4.78, 5) is 1.43. The maximum absolute atomic E-state index is 2.41. The number of rotatable bonds is 8. The van der Waals surface area contributed by atoms with E-state index < -0.39 is 0 Å². The molecule has 174 valence electrons. The van der Waals surface area contributed by atoms with Gasteiger partial charge in [0.05, 0.1) is 0 Å². The summed E-state index contributed by atoms with van der Waals surface area (Å²) < 4.78 is 0. The summed E-state index contributed by atoms with van der Waals surface area (Å²) in [5.74, 6) is 0.779. The van der Waals surface area contributed by atoms with E-state index in [9.17, 15) is 0 Å². The van der Waals surface area contributed by atoms with Crippen LogP contribution in [0.1, 0.15) is 75.3 Å². The molecule has 0 unspecified atom stereocenters. The van der Waals surface area contributed by atoms with Crippen LogP contribution in [0, 0.1) is 0 Å². The molecular weight excluding hydrogens is 415 g/mol. The number of benzene rings is 2. The molecule has 30 heavy (non-hydrogen) atoms. The minimum atomic E-state index is 0. The van der Waals surface area contributed by atoms with Gasteiger partial charge in [-0.05, 0) is 67.7 Å². The van der Waals surface area contributed by atoms with Crippen molar-refractivity contribution in [1.29, 1.82) is 0 Å². The van der Waals surface area contributed by atoms with Crippen LogP contribution >= 0.6 is 11.8 Å². The molecule has 1 fully saturated rings. The molecule has 0 spiro atoms. The van der Waals surface area contributed by atoms with Gasteiger partial charge in [0, 0.05) is 10.1 Å². The lowest BCUT2D eigenvalue weighted by Crippen LogP contribution is -2.15. The van der Waals surface area contributed by atoms with Crippen LogP contribution < -0.4 is 0 Å². The third-order valence-corrected chi connectivity index (χ3v) is 6.84. The highest BCUT2D eigenvalue weighted by molar-refractivity contribution is 8.00. The van der Waals surface area contributed by atoms with Gasteiger partial charge in [0.15, 0.2) is 0 Å². The van der Waals surface area contributed by atoms with E-state index in [0.717, 1.165) is 11.2 Å². The predicted octanol–water partition coefficient (Wildman–Crippen LogP) is 8.39. The lowest BCUT2D eigenvalue weighted by Gasteiger charge is -2.28. The molecule has 0 saturated heterocycles. The minimum Gasteiger partial charge on any atom is -0.269 e. The second kappa shape index (κ2) is 18.2. The monoisotopic (exact) mass is 452 g/mol. The average Bonchev–Trinajstić information content (AvgIpc) is 2.67. The first-order chi connectivity index (χ1) is 12.3. The fraction of sp³-hybridized carbons (Fsp3) is 0.500. The average molecular weight is 453 g/mol. The van der Waals surface area contributed by atoms with Crippen LogP contribution in [-0.4, -0.2) is 5.25 Å². The van der Waals surface area contributed by atoms with Gasteiger partial charge in [0.2, 0.25) is 0 Å². The third-order valence-electron chi connectivity index (χ3n) is 5.49. The van der Waals surface area contributed by atoms with Gasteiger partial charge in [0.25, 0.3) is 0 Å². The second-order valence-electron chi connectivity index (χ2n) is 7.46. The Morgan fingerprint density at radius 1 is 0.700 bits per heavy atom. The van der Waals surface area contributed by atoms with Crippen molar-refractivity contribution in [1.82, 2.24) is 0 Å². The van der Waals surface area contributed by atoms with Crippen molar-refractivity contribution in [3.05, 3.63) is 65.7 Å². The fourth-order valence-electron chi connectivity index (χ4n) is 3.92. The summed E-state index contributed by atoms with van der Waals surface area (Å²) in [7, 11) is 0. The summed E-state index contributed by atoms with van der Waals surface area (Å²) in [5, 5.41) is 0.802. The Morgan fingerprint density at radius 2 is 1.30 bits per heavy atom. The molecule has 0 bridgehead atoms. The topological polar surface area (TPSA) is 0 Å². The number of aryl methyl sites for hydroxylation is 1. The molecule has 0 heterocycles. The SMILES string of the molecule is CCCCCCc1ccc(C2CCC(Sc3ccccc3)CC2)cc1.F.F.F.F.F. The summed E-state index contributed by atoms with van der Waals surface area (Å²) >= 11 is 2.08. The molecule has 0 radical (unpaired) electrons. The Hall–Kier alpha value is -1.56. The van der Waals surface area contributed by atoms with Crippen molar-refractivity contribution in [2.75, 3.05) is 0 Å². The third kappa shape index (κ3) is 10.5. The number of hydrogen-bond acceptors (Lipinski definition) is 1. The van der Waals surface area contributed by atoms with Crippen molar-refractivity contribution in [3.8, 4) is 0 Å². The van der Waals surface area contributed by atoms with Gasteiger partial charge >= 0.3 is 0 Å². The van der Waals surface area contributed by atoms with Gasteiger partial charge in [0.1, 0.15) is 0 Å². The first-order valence-corrected chi connectivity index (χ1v) is 11.0. The highest BCUT2D eigenvalue weighted by atomic mass is 32.2. The standard InChI is InChI=1S/C24H32S.5FH/c1-2-3-4-6-9-20-12-14-21(15-13-20)22-16-18-24(19-17-22)25-23-10-7-5-8-11-23;;;;;/h5,7-8,10-15,22,24H,2-4,6,9,16-19H2,1H3;5*1H. The highest BCUT2D eigenvalue weighted by Crippen LogP contribution is 2.39. The Morgan fingerprint density at radius 3 is 1.87 bits per heavy atom. The summed E-state index contributed by atoms with van der Waals surface area (Å²) in [6, 6.07) is 20.5. The van der Waals surface area contributed by atoms with Crippen LogP contribution in [0.15, 0.2) is 59.5 Å². The molecule has 0 amide bonds. The zero-order valence-corrected chi connectivity index (χ0v) is 18.5. The molecule has 1 aliphatic carbocycles. The van der Waals surface area contributed by atoms with E-state index in [1.807, 2.05) is 0 Å². The van der Waals surface area contributed by atoms with E-state index >= 15 is 0 Å². The Balaban J connectivity index is -0.00000146. The van der Waals surface area contributed by atoms with Gasteiger partial charge in [-0.1, -0.05) is 68.7 Å². The zero-order valence-electron chi connectivity index (χ0n) is 17.7. The fourth-order valence-corrected chi connectivity index (χ4v) is 5.12. The van der Waals surface area contributed by atoms with E-state index in [2.05, 4.69) is 73.3 Å². The van der Waals surface area contributed by atoms with E-state index in [0.29, 0.717) is 0 Å². The minimum absolute atomic E-state index is 0.